The van der Waals surface area contributed by atoms with Gasteiger partial charge in [-0.3, -0.25) is 14.4 Å². The number of amides is 2. The van der Waals surface area contributed by atoms with Crippen molar-refractivity contribution in [1.29, 1.82) is 0 Å². The van der Waals surface area contributed by atoms with Crippen LogP contribution in [0.15, 0.2) is 18.2 Å². The maximum absolute atomic E-state index is 12.4. The molecule has 8 heteroatoms. The number of carbonyl (C=O) groups is 3. The van der Waals surface area contributed by atoms with E-state index in [1.807, 2.05) is 0 Å². The van der Waals surface area contributed by atoms with Crippen LogP contribution in [0, 0.1) is 0 Å². The van der Waals surface area contributed by atoms with Gasteiger partial charge in [0.05, 0.1) is 11.2 Å². The van der Waals surface area contributed by atoms with E-state index in [2.05, 4.69) is 10.6 Å². The van der Waals surface area contributed by atoms with E-state index in [1.165, 1.54) is 6.07 Å². The van der Waals surface area contributed by atoms with Gasteiger partial charge < -0.3 is 15.4 Å². The van der Waals surface area contributed by atoms with E-state index in [0.717, 1.165) is 0 Å². The Balaban J connectivity index is 2.22. The van der Waals surface area contributed by atoms with Crippen molar-refractivity contribution in [2.24, 2.45) is 0 Å². The first-order valence-electron chi connectivity index (χ1n) is 6.98. The fourth-order valence-electron chi connectivity index (χ4n) is 2.11. The van der Waals surface area contributed by atoms with Gasteiger partial charge in [0, 0.05) is 5.56 Å². The van der Waals surface area contributed by atoms with Gasteiger partial charge >= 0.3 is 0 Å². The van der Waals surface area contributed by atoms with Crippen LogP contribution in [0.2, 0.25) is 0 Å². The molecule has 0 aliphatic carbocycles. The summed E-state index contributed by atoms with van der Waals surface area (Å²) in [5, 5.41) is 5.27. The first kappa shape index (κ1) is 17.6. The lowest BCUT2D eigenvalue weighted by molar-refractivity contribution is -0.123. The molecule has 2 N–H and O–H groups in total. The van der Waals surface area contributed by atoms with Crippen LogP contribution in [0.3, 0.4) is 0 Å². The summed E-state index contributed by atoms with van der Waals surface area (Å²) in [5.41, 5.74) is -0.491. The molecule has 124 valence electrons. The number of rotatable bonds is 5. The second-order valence-corrected chi connectivity index (χ2v) is 6.45. The van der Waals surface area contributed by atoms with E-state index in [-0.39, 0.29) is 18.1 Å². The van der Waals surface area contributed by atoms with E-state index in [0.29, 0.717) is 17.9 Å². The van der Waals surface area contributed by atoms with Gasteiger partial charge in [-0.2, -0.15) is 0 Å². The van der Waals surface area contributed by atoms with Crippen molar-refractivity contribution in [1.82, 2.24) is 5.32 Å². The Hall–Kier alpha value is -1.79. The average molecular weight is 359 g/mol. The van der Waals surface area contributed by atoms with Crippen molar-refractivity contribution in [3.63, 3.8) is 0 Å². The molecule has 23 heavy (non-hydrogen) atoms. The number of Topliss-reactive ketones (excluding diaryl/α,β-unsaturated/α-hetero) is 1. The summed E-state index contributed by atoms with van der Waals surface area (Å²) in [6.45, 7) is 3.25. The van der Waals surface area contributed by atoms with Gasteiger partial charge in [-0.1, -0.05) is 30.1 Å². The summed E-state index contributed by atoms with van der Waals surface area (Å²) in [6.07, 6.45) is 0.332. The Morgan fingerprint density at radius 2 is 2.13 bits per heavy atom. The van der Waals surface area contributed by atoms with Crippen molar-refractivity contribution in [3.8, 4) is 5.75 Å². The second-order valence-electron chi connectivity index (χ2n) is 5.35. The average Bonchev–Trinajstić information content (AvgIpc) is 2.52. The Morgan fingerprint density at radius 3 is 2.74 bits per heavy atom. The molecular formula is C15H16Cl2N2O4. The predicted molar refractivity (Wildman–Crippen MR) is 87.2 cm³/mol. The van der Waals surface area contributed by atoms with Crippen LogP contribution in [0.25, 0.3) is 0 Å². The van der Waals surface area contributed by atoms with Crippen LogP contribution in [0.5, 0.6) is 5.75 Å². The normalized spacial score (nSPS) is 16.0. The number of fused-ring (bicyclic) bond motifs is 1. The molecule has 0 radical (unpaired) electrons. The third-order valence-electron chi connectivity index (χ3n) is 3.71. The van der Waals surface area contributed by atoms with Crippen LogP contribution in [0.4, 0.5) is 5.69 Å². The number of halogens is 2. The number of anilines is 1. The van der Waals surface area contributed by atoms with Gasteiger partial charge in [0.2, 0.25) is 0 Å². The number of benzene rings is 1. The molecule has 0 aromatic heterocycles. The highest BCUT2D eigenvalue weighted by Gasteiger charge is 2.36. The molecule has 1 aliphatic heterocycles. The standard InChI is InChI=1S/C15H16Cl2N2O4/c1-3-15(2,12(21)13(16)17)19-14(22)8-4-5-10-9(6-8)18-11(20)7-23-10/h4-6,13H,3,7H2,1-2H3,(H,18,20)(H,19,22). The minimum absolute atomic E-state index is 0.0617. The highest BCUT2D eigenvalue weighted by atomic mass is 35.5. The zero-order valence-corrected chi connectivity index (χ0v) is 14.1. The molecule has 2 amide bonds. The molecule has 0 fully saturated rings. The number of hydrogen-bond acceptors (Lipinski definition) is 4. The quantitative estimate of drug-likeness (QED) is 0.790. The summed E-state index contributed by atoms with van der Waals surface area (Å²) in [5.74, 6) is -0.765. The van der Waals surface area contributed by atoms with Gasteiger partial charge in [0.15, 0.2) is 17.2 Å². The van der Waals surface area contributed by atoms with Gasteiger partial charge in [0.1, 0.15) is 5.75 Å². The van der Waals surface area contributed by atoms with E-state index >= 15 is 0 Å². The third-order valence-corrected chi connectivity index (χ3v) is 4.11. The van der Waals surface area contributed by atoms with Gasteiger partial charge in [-0.05, 0) is 31.5 Å². The number of alkyl halides is 2. The number of hydrogen-bond donors (Lipinski definition) is 2. The van der Waals surface area contributed by atoms with Gasteiger partial charge in [-0.15, -0.1) is 0 Å². The molecule has 1 heterocycles. The lowest BCUT2D eigenvalue weighted by atomic mass is 9.93. The smallest absolute Gasteiger partial charge is 0.262 e. The Kier molecular flexibility index (Phi) is 5.16. The summed E-state index contributed by atoms with van der Waals surface area (Å²) in [6, 6.07) is 4.62. The van der Waals surface area contributed by atoms with Crippen LogP contribution in [-0.2, 0) is 9.59 Å². The lowest BCUT2D eigenvalue weighted by Gasteiger charge is -2.28. The number of ether oxygens (including phenoxy) is 1. The maximum atomic E-state index is 12.4. The summed E-state index contributed by atoms with van der Waals surface area (Å²) in [7, 11) is 0. The minimum atomic E-state index is -1.23. The van der Waals surface area contributed by atoms with Gasteiger partial charge in [-0.25, -0.2) is 0 Å². The highest BCUT2D eigenvalue weighted by Crippen LogP contribution is 2.29. The predicted octanol–water partition coefficient (Wildman–Crippen LogP) is 2.29. The summed E-state index contributed by atoms with van der Waals surface area (Å²) in [4.78, 5) is 34.6. The molecule has 1 atom stereocenters. The molecule has 1 unspecified atom stereocenters. The van der Waals surface area contributed by atoms with Crippen molar-refractivity contribution in [3.05, 3.63) is 23.8 Å². The number of nitrogens with one attached hydrogen (secondary N) is 2. The lowest BCUT2D eigenvalue weighted by Crippen LogP contribution is -2.53. The van der Waals surface area contributed by atoms with Crippen molar-refractivity contribution < 1.29 is 19.1 Å². The van der Waals surface area contributed by atoms with Gasteiger partial charge in [0.25, 0.3) is 11.8 Å². The second kappa shape index (κ2) is 6.76. The number of ketones is 1. The monoisotopic (exact) mass is 358 g/mol. The largest absolute Gasteiger partial charge is 0.482 e. The first-order valence-corrected chi connectivity index (χ1v) is 7.86. The molecule has 6 nitrogen and oxygen atoms in total. The fraction of sp³-hybridized carbons (Fsp3) is 0.400. The zero-order chi connectivity index (χ0) is 17.2. The van der Waals surface area contributed by atoms with Crippen LogP contribution >= 0.6 is 23.2 Å². The SMILES string of the molecule is CCC(C)(NC(=O)c1ccc2c(c1)NC(=O)CO2)C(=O)C(Cl)Cl. The summed E-state index contributed by atoms with van der Waals surface area (Å²) < 4.78 is 5.23. The molecule has 0 spiro atoms. The molecule has 1 aromatic carbocycles. The molecule has 0 saturated heterocycles. The fourth-order valence-corrected chi connectivity index (χ4v) is 2.59. The molecule has 1 aliphatic rings. The highest BCUT2D eigenvalue weighted by molar-refractivity contribution is 6.54. The van der Waals surface area contributed by atoms with E-state index in [4.69, 9.17) is 27.9 Å². The summed E-state index contributed by atoms with van der Waals surface area (Å²) >= 11 is 11.3. The van der Waals surface area contributed by atoms with E-state index in [9.17, 15) is 14.4 Å². The minimum Gasteiger partial charge on any atom is -0.482 e. The van der Waals surface area contributed by atoms with Crippen molar-refractivity contribution in [2.45, 2.75) is 30.6 Å². The van der Waals surface area contributed by atoms with Crippen molar-refractivity contribution >= 4 is 46.5 Å². The van der Waals surface area contributed by atoms with E-state index < -0.39 is 22.1 Å². The third kappa shape index (κ3) is 3.76. The Bertz CT molecular complexity index is 663. The topological polar surface area (TPSA) is 84.5 Å². The Morgan fingerprint density at radius 1 is 1.43 bits per heavy atom. The van der Waals surface area contributed by atoms with Crippen LogP contribution in [0.1, 0.15) is 30.6 Å². The van der Waals surface area contributed by atoms with Crippen molar-refractivity contribution in [2.75, 3.05) is 11.9 Å². The zero-order valence-electron chi connectivity index (χ0n) is 12.6. The maximum Gasteiger partial charge on any atom is 0.262 e. The molecule has 1 aromatic rings. The van der Waals surface area contributed by atoms with Crippen LogP contribution < -0.4 is 15.4 Å². The first-order chi connectivity index (χ1) is 10.8. The number of carbonyl (C=O) groups excluding carboxylic acids is 3. The molecule has 2 rings (SSSR count). The molecular weight excluding hydrogens is 343 g/mol. The molecule has 0 saturated carbocycles. The molecule has 0 bridgehead atoms. The van der Waals surface area contributed by atoms with Crippen LogP contribution in [-0.4, -0.2) is 34.6 Å². The Labute approximate surface area is 143 Å². The van der Waals surface area contributed by atoms with E-state index in [1.54, 1.807) is 26.0 Å².